The number of hydrogen-bond donors (Lipinski definition) is 0. The quantitative estimate of drug-likeness (QED) is 0.327. The van der Waals surface area contributed by atoms with Crippen LogP contribution in [0.15, 0.2) is 47.9 Å². The number of ether oxygens (including phenoxy) is 5. The van der Waals surface area contributed by atoms with Crippen LogP contribution in [0.25, 0.3) is 0 Å². The van der Waals surface area contributed by atoms with Crippen molar-refractivity contribution in [1.82, 2.24) is 0 Å². The third-order valence-electron chi connectivity index (χ3n) is 4.05. The molecule has 2 rings (SSSR count). The smallest absolute Gasteiger partial charge is 0.303 e. The summed E-state index contributed by atoms with van der Waals surface area (Å²) >= 11 is 1.32. The van der Waals surface area contributed by atoms with Gasteiger partial charge in [-0.2, -0.15) is 0 Å². The molecule has 1 saturated heterocycles. The average molecular weight is 438 g/mol. The van der Waals surface area contributed by atoms with Crippen molar-refractivity contribution in [2.75, 3.05) is 13.2 Å². The highest BCUT2D eigenvalue weighted by Crippen LogP contribution is 2.37. The lowest BCUT2D eigenvalue weighted by atomic mass is 9.99. The van der Waals surface area contributed by atoms with E-state index in [9.17, 15) is 14.4 Å². The summed E-state index contributed by atoms with van der Waals surface area (Å²) in [5, 5.41) is 0. The fourth-order valence-electron chi connectivity index (χ4n) is 2.96. The number of benzene rings is 1. The van der Waals surface area contributed by atoms with Crippen molar-refractivity contribution in [2.24, 2.45) is 0 Å². The number of esters is 3. The zero-order valence-electron chi connectivity index (χ0n) is 17.1. The van der Waals surface area contributed by atoms with Gasteiger partial charge in [-0.1, -0.05) is 36.0 Å². The van der Waals surface area contributed by atoms with E-state index in [2.05, 4.69) is 6.58 Å². The first-order valence-electron chi connectivity index (χ1n) is 9.39. The molecule has 0 N–H and O–H groups in total. The van der Waals surface area contributed by atoms with Crippen LogP contribution >= 0.6 is 11.8 Å². The first-order chi connectivity index (χ1) is 14.3. The minimum atomic E-state index is -0.959. The minimum absolute atomic E-state index is 0.128. The third kappa shape index (κ3) is 7.16. The van der Waals surface area contributed by atoms with Gasteiger partial charge in [-0.3, -0.25) is 14.4 Å². The van der Waals surface area contributed by atoms with Crippen molar-refractivity contribution in [3.63, 3.8) is 0 Å². The van der Waals surface area contributed by atoms with Gasteiger partial charge < -0.3 is 23.7 Å². The summed E-state index contributed by atoms with van der Waals surface area (Å²) in [6, 6.07) is 9.40. The minimum Gasteiger partial charge on any atom is -0.463 e. The van der Waals surface area contributed by atoms with Crippen LogP contribution in [-0.2, 0) is 38.1 Å². The Morgan fingerprint density at radius 3 is 2.20 bits per heavy atom. The first kappa shape index (κ1) is 23.9. The maximum atomic E-state index is 11.8. The van der Waals surface area contributed by atoms with Gasteiger partial charge in [-0.15, -0.1) is 6.58 Å². The van der Waals surface area contributed by atoms with Crippen molar-refractivity contribution in [3.8, 4) is 0 Å². The SMILES string of the molecule is C=CCO[C@@H]1[C@@H](OC(C)=O)[C@H](Sc2ccccc2)O[C@H](COC(C)=O)[C@H]1OC(C)=O. The molecule has 164 valence electrons. The molecule has 1 aliphatic rings. The van der Waals surface area contributed by atoms with E-state index in [1.807, 2.05) is 30.3 Å². The fraction of sp³-hybridized carbons (Fsp3) is 0.476. The molecule has 1 aromatic carbocycles. The lowest BCUT2D eigenvalue weighted by Gasteiger charge is -2.44. The van der Waals surface area contributed by atoms with Gasteiger partial charge in [0.25, 0.3) is 0 Å². The highest BCUT2D eigenvalue weighted by atomic mass is 32.2. The van der Waals surface area contributed by atoms with Gasteiger partial charge in [-0.05, 0) is 12.1 Å². The predicted octanol–water partition coefficient (Wildman–Crippen LogP) is 2.50. The Labute approximate surface area is 179 Å². The monoisotopic (exact) mass is 438 g/mol. The van der Waals surface area contributed by atoms with E-state index in [1.54, 1.807) is 0 Å². The van der Waals surface area contributed by atoms with Gasteiger partial charge in [0, 0.05) is 25.7 Å². The highest BCUT2D eigenvalue weighted by Gasteiger charge is 2.51. The second kappa shape index (κ2) is 11.7. The number of thioether (sulfide) groups is 1. The van der Waals surface area contributed by atoms with Gasteiger partial charge in [0.05, 0.1) is 6.61 Å². The molecule has 0 spiro atoms. The van der Waals surface area contributed by atoms with Crippen LogP contribution in [0.2, 0.25) is 0 Å². The van der Waals surface area contributed by atoms with E-state index in [0.717, 1.165) is 4.90 Å². The summed E-state index contributed by atoms with van der Waals surface area (Å²) in [5.41, 5.74) is -0.696. The van der Waals surface area contributed by atoms with E-state index in [4.69, 9.17) is 23.7 Å². The lowest BCUT2D eigenvalue weighted by Crippen LogP contribution is -2.61. The predicted molar refractivity (Wildman–Crippen MR) is 109 cm³/mol. The molecule has 0 saturated carbocycles. The highest BCUT2D eigenvalue weighted by molar-refractivity contribution is 7.99. The van der Waals surface area contributed by atoms with Crippen LogP contribution in [0.1, 0.15) is 20.8 Å². The molecule has 1 fully saturated rings. The second-order valence-electron chi connectivity index (χ2n) is 6.51. The van der Waals surface area contributed by atoms with E-state index in [0.29, 0.717) is 0 Å². The van der Waals surface area contributed by atoms with E-state index >= 15 is 0 Å². The van der Waals surface area contributed by atoms with E-state index in [-0.39, 0.29) is 13.2 Å². The van der Waals surface area contributed by atoms with Crippen LogP contribution in [-0.4, -0.2) is 61.0 Å². The standard InChI is InChI=1S/C21H26O8S/c1-5-11-25-19-18(27-14(3)23)17(12-26-13(2)22)29-21(20(19)28-15(4)24)30-16-9-7-6-8-10-16/h5-10,17-21H,1,11-12H2,2-4H3/t17-,18-,19+,20-,21+/m1/s1. The van der Waals surface area contributed by atoms with Crippen LogP contribution in [0.3, 0.4) is 0 Å². The summed E-state index contributed by atoms with van der Waals surface area (Å²) in [5.74, 6) is -1.60. The van der Waals surface area contributed by atoms with E-state index in [1.165, 1.54) is 38.6 Å². The Morgan fingerprint density at radius 1 is 1.00 bits per heavy atom. The zero-order valence-corrected chi connectivity index (χ0v) is 18.0. The number of hydrogen-bond acceptors (Lipinski definition) is 9. The molecular formula is C21H26O8S. The molecule has 0 unspecified atom stereocenters. The normalized spacial score (nSPS) is 25.8. The van der Waals surface area contributed by atoms with Crippen LogP contribution < -0.4 is 0 Å². The van der Waals surface area contributed by atoms with Gasteiger partial charge in [0.15, 0.2) is 12.2 Å². The van der Waals surface area contributed by atoms with Crippen molar-refractivity contribution in [3.05, 3.63) is 43.0 Å². The number of rotatable bonds is 9. The van der Waals surface area contributed by atoms with Gasteiger partial charge in [0.1, 0.15) is 24.3 Å². The molecule has 30 heavy (non-hydrogen) atoms. The molecule has 0 bridgehead atoms. The topological polar surface area (TPSA) is 97.4 Å². The van der Waals surface area contributed by atoms with Crippen molar-refractivity contribution in [2.45, 2.75) is 55.5 Å². The van der Waals surface area contributed by atoms with Crippen LogP contribution in [0.5, 0.6) is 0 Å². The molecule has 1 aromatic rings. The lowest BCUT2D eigenvalue weighted by molar-refractivity contribution is -0.237. The Kier molecular flexibility index (Phi) is 9.35. The number of carbonyl (C=O) groups excluding carboxylic acids is 3. The summed E-state index contributed by atoms with van der Waals surface area (Å²) in [4.78, 5) is 35.8. The summed E-state index contributed by atoms with van der Waals surface area (Å²) in [6.45, 7) is 7.41. The Bertz CT molecular complexity index is 738. The van der Waals surface area contributed by atoms with Crippen molar-refractivity contribution in [1.29, 1.82) is 0 Å². The molecule has 8 nitrogen and oxygen atoms in total. The molecule has 5 atom stereocenters. The van der Waals surface area contributed by atoms with Gasteiger partial charge >= 0.3 is 17.9 Å². The molecule has 0 radical (unpaired) electrons. The largest absolute Gasteiger partial charge is 0.463 e. The third-order valence-corrected chi connectivity index (χ3v) is 5.20. The van der Waals surface area contributed by atoms with Crippen LogP contribution in [0.4, 0.5) is 0 Å². The van der Waals surface area contributed by atoms with Crippen LogP contribution in [0, 0.1) is 0 Å². The molecule has 0 amide bonds. The number of carbonyl (C=O) groups is 3. The Morgan fingerprint density at radius 2 is 1.63 bits per heavy atom. The average Bonchev–Trinajstić information content (AvgIpc) is 2.68. The van der Waals surface area contributed by atoms with E-state index < -0.39 is 47.8 Å². The summed E-state index contributed by atoms with van der Waals surface area (Å²) in [6.07, 6.45) is -1.98. The Hall–Kier alpha value is -2.36. The molecule has 0 aliphatic carbocycles. The molecule has 1 heterocycles. The second-order valence-corrected chi connectivity index (χ2v) is 7.68. The zero-order chi connectivity index (χ0) is 22.1. The van der Waals surface area contributed by atoms with Crippen molar-refractivity contribution < 1.29 is 38.1 Å². The Balaban J connectivity index is 2.39. The fourth-order valence-corrected chi connectivity index (χ4v) is 4.09. The molecule has 0 aromatic heterocycles. The molecular weight excluding hydrogens is 412 g/mol. The van der Waals surface area contributed by atoms with Gasteiger partial charge in [-0.25, -0.2) is 0 Å². The maximum Gasteiger partial charge on any atom is 0.303 e. The van der Waals surface area contributed by atoms with Crippen molar-refractivity contribution >= 4 is 29.7 Å². The molecule has 1 aliphatic heterocycles. The van der Waals surface area contributed by atoms with Gasteiger partial charge in [0.2, 0.25) is 0 Å². The summed E-state index contributed by atoms with van der Waals surface area (Å²) in [7, 11) is 0. The first-order valence-corrected chi connectivity index (χ1v) is 10.3. The molecule has 9 heteroatoms. The summed E-state index contributed by atoms with van der Waals surface area (Å²) < 4.78 is 28.0. The maximum absolute atomic E-state index is 11.8.